The summed E-state index contributed by atoms with van der Waals surface area (Å²) in [5.74, 6) is 0.255. The van der Waals surface area contributed by atoms with Crippen molar-refractivity contribution >= 4 is 23.2 Å². The van der Waals surface area contributed by atoms with Crippen LogP contribution in [0.25, 0.3) is 0 Å². The molecule has 0 amide bonds. The summed E-state index contributed by atoms with van der Waals surface area (Å²) in [4.78, 5) is 14.6. The van der Waals surface area contributed by atoms with Crippen LogP contribution in [0.1, 0.15) is 18.1 Å². The Morgan fingerprint density at radius 3 is 2.64 bits per heavy atom. The fraction of sp³-hybridized carbons (Fsp3) is 0.167. The molecule has 2 aromatic rings. The van der Waals surface area contributed by atoms with E-state index in [2.05, 4.69) is 36.1 Å². The second kappa shape index (κ2) is 5.89. The molecule has 0 fully saturated rings. The number of benzene rings is 2. The van der Waals surface area contributed by atoms with Crippen LogP contribution in [0.4, 0.5) is 5.69 Å². The molecule has 0 atom stereocenters. The van der Waals surface area contributed by atoms with Crippen LogP contribution in [-0.2, 0) is 11.3 Å². The Hall–Kier alpha value is -2.20. The highest BCUT2D eigenvalue weighted by molar-refractivity contribution is 8.03. The number of thioether (sulfide) groups is 1. The number of allylic oxidation sites excluding steroid dienone is 1. The zero-order chi connectivity index (χ0) is 15.7. The zero-order valence-electron chi connectivity index (χ0n) is 12.5. The van der Waals surface area contributed by atoms with Crippen molar-refractivity contribution in [2.24, 2.45) is 0 Å². The smallest absolute Gasteiger partial charge is 0.155 e. The van der Waals surface area contributed by atoms with Crippen LogP contribution in [0, 0.1) is 6.92 Å². The molecule has 0 bridgehead atoms. The van der Waals surface area contributed by atoms with Crippen molar-refractivity contribution in [1.29, 1.82) is 0 Å². The Labute approximate surface area is 134 Å². The van der Waals surface area contributed by atoms with E-state index in [1.165, 1.54) is 5.56 Å². The predicted octanol–water partition coefficient (Wildman–Crippen LogP) is 4.24. The van der Waals surface area contributed by atoms with Crippen molar-refractivity contribution in [3.63, 3.8) is 0 Å². The van der Waals surface area contributed by atoms with Crippen LogP contribution in [0.15, 0.2) is 58.5 Å². The number of fused-ring (bicyclic) bond motifs is 1. The quantitative estimate of drug-likeness (QED) is 0.861. The molecule has 1 heterocycles. The van der Waals surface area contributed by atoms with Gasteiger partial charge in [-0.25, -0.2) is 0 Å². The topological polar surface area (TPSA) is 40.5 Å². The van der Waals surface area contributed by atoms with Gasteiger partial charge in [-0.1, -0.05) is 41.6 Å². The molecule has 1 aliphatic rings. The molecule has 0 unspecified atom stereocenters. The average Bonchev–Trinajstić information content (AvgIpc) is 2.78. The summed E-state index contributed by atoms with van der Waals surface area (Å²) >= 11 is 1.56. The van der Waals surface area contributed by atoms with Crippen molar-refractivity contribution in [3.8, 4) is 5.75 Å². The van der Waals surface area contributed by atoms with Crippen LogP contribution < -0.4 is 4.90 Å². The lowest BCUT2D eigenvalue weighted by atomic mass is 10.1. The fourth-order valence-corrected chi connectivity index (χ4v) is 3.54. The third-order valence-electron chi connectivity index (χ3n) is 3.50. The van der Waals surface area contributed by atoms with Crippen LogP contribution in [0.3, 0.4) is 0 Å². The van der Waals surface area contributed by atoms with Crippen molar-refractivity contribution in [3.05, 3.63) is 64.7 Å². The molecule has 0 aliphatic carbocycles. The Bertz CT molecular complexity index is 750. The summed E-state index contributed by atoms with van der Waals surface area (Å²) < 4.78 is 0. The molecule has 0 saturated heterocycles. The first kappa shape index (κ1) is 14.7. The van der Waals surface area contributed by atoms with Crippen LogP contribution >= 0.6 is 11.8 Å². The molecule has 0 saturated carbocycles. The second-order valence-corrected chi connectivity index (χ2v) is 6.48. The van der Waals surface area contributed by atoms with Gasteiger partial charge in [-0.15, -0.1) is 0 Å². The lowest BCUT2D eigenvalue weighted by molar-refractivity contribution is -0.112. The number of hydrogen-bond donors (Lipinski definition) is 1. The van der Waals surface area contributed by atoms with Crippen LogP contribution in [-0.4, -0.2) is 10.9 Å². The number of nitrogens with zero attached hydrogens (tertiary/aromatic N) is 1. The molecule has 112 valence electrons. The number of aryl methyl sites for hydroxylation is 1. The number of aromatic hydroxyl groups is 1. The average molecular weight is 311 g/mol. The molecule has 3 nitrogen and oxygen atoms in total. The number of hydrogen-bond acceptors (Lipinski definition) is 4. The number of anilines is 1. The first-order chi connectivity index (χ1) is 10.5. The lowest BCUT2D eigenvalue weighted by Gasteiger charge is -2.20. The fourth-order valence-electron chi connectivity index (χ4n) is 2.41. The minimum absolute atomic E-state index is 0.0217. The Morgan fingerprint density at radius 2 is 1.95 bits per heavy atom. The number of carbonyl (C=O) groups is 1. The van der Waals surface area contributed by atoms with Crippen molar-refractivity contribution < 1.29 is 9.90 Å². The number of phenolic OH excluding ortho intramolecular Hbond substituents is 1. The summed E-state index contributed by atoms with van der Waals surface area (Å²) in [6, 6.07) is 13.6. The minimum Gasteiger partial charge on any atom is -0.508 e. The third kappa shape index (κ3) is 3.02. The summed E-state index contributed by atoms with van der Waals surface area (Å²) in [6.45, 7) is 4.28. The van der Waals surface area contributed by atoms with Gasteiger partial charge in [0.05, 0.1) is 10.7 Å². The van der Waals surface area contributed by atoms with Crippen LogP contribution in [0.5, 0.6) is 5.75 Å². The molecule has 0 aromatic heterocycles. The second-order valence-electron chi connectivity index (χ2n) is 5.42. The van der Waals surface area contributed by atoms with E-state index in [9.17, 15) is 9.90 Å². The number of rotatable bonds is 3. The highest BCUT2D eigenvalue weighted by Crippen LogP contribution is 2.47. The van der Waals surface area contributed by atoms with Crippen molar-refractivity contribution in [2.75, 3.05) is 4.90 Å². The van der Waals surface area contributed by atoms with Gasteiger partial charge in [0.2, 0.25) is 0 Å². The Balaban J connectivity index is 1.99. The molecule has 4 heteroatoms. The van der Waals surface area contributed by atoms with Crippen molar-refractivity contribution in [2.45, 2.75) is 25.3 Å². The van der Waals surface area contributed by atoms with E-state index in [0.29, 0.717) is 6.54 Å². The van der Waals surface area contributed by atoms with E-state index < -0.39 is 0 Å². The van der Waals surface area contributed by atoms with Gasteiger partial charge in [-0.05, 0) is 31.5 Å². The van der Waals surface area contributed by atoms with Gasteiger partial charge in [0.1, 0.15) is 5.75 Å². The summed E-state index contributed by atoms with van der Waals surface area (Å²) in [5.41, 5.74) is 3.33. The molecule has 3 rings (SSSR count). The van der Waals surface area contributed by atoms with Gasteiger partial charge in [0.25, 0.3) is 0 Å². The Morgan fingerprint density at radius 1 is 1.23 bits per heavy atom. The normalized spacial score (nSPS) is 15.2. The summed E-state index contributed by atoms with van der Waals surface area (Å²) in [6.07, 6.45) is 1.65. The maximum atomic E-state index is 11.5. The molecule has 2 aromatic carbocycles. The van der Waals surface area contributed by atoms with Crippen molar-refractivity contribution in [1.82, 2.24) is 0 Å². The lowest BCUT2D eigenvalue weighted by Crippen LogP contribution is -2.17. The standard InChI is InChI=1S/C18H17NO2S/c1-12-3-5-14(6-4-12)11-19-16-10-15(21)7-8-17(16)22-18(19)9-13(2)20/h3-10,21H,11H2,1-2H3/b18-9-. The minimum atomic E-state index is 0.0217. The van der Waals surface area contributed by atoms with E-state index in [0.717, 1.165) is 21.2 Å². The van der Waals surface area contributed by atoms with Gasteiger partial charge < -0.3 is 10.0 Å². The van der Waals surface area contributed by atoms with E-state index >= 15 is 0 Å². The first-order valence-electron chi connectivity index (χ1n) is 7.09. The molecular formula is C18H17NO2S. The summed E-state index contributed by atoms with van der Waals surface area (Å²) in [5, 5.41) is 10.7. The Kier molecular flexibility index (Phi) is 3.94. The maximum absolute atomic E-state index is 11.5. The molecule has 0 radical (unpaired) electrons. The van der Waals surface area contributed by atoms with E-state index in [-0.39, 0.29) is 11.5 Å². The SMILES string of the molecule is CC(=O)/C=C1\Sc2ccc(O)cc2N1Cc1ccc(C)cc1. The third-order valence-corrected chi connectivity index (χ3v) is 4.61. The monoisotopic (exact) mass is 311 g/mol. The van der Waals surface area contributed by atoms with Gasteiger partial charge in [0, 0.05) is 23.6 Å². The molecule has 1 N–H and O–H groups in total. The highest BCUT2D eigenvalue weighted by Gasteiger charge is 2.26. The predicted molar refractivity (Wildman–Crippen MR) is 90.1 cm³/mol. The van der Waals surface area contributed by atoms with Gasteiger partial charge in [0.15, 0.2) is 5.78 Å². The number of carbonyl (C=O) groups excluding carboxylic acids is 1. The molecule has 1 aliphatic heterocycles. The molecular weight excluding hydrogens is 294 g/mol. The zero-order valence-corrected chi connectivity index (χ0v) is 13.4. The number of phenols is 1. The van der Waals surface area contributed by atoms with Gasteiger partial charge >= 0.3 is 0 Å². The van der Waals surface area contributed by atoms with Gasteiger partial charge in [-0.2, -0.15) is 0 Å². The van der Waals surface area contributed by atoms with Crippen LogP contribution in [0.2, 0.25) is 0 Å². The molecule has 0 spiro atoms. The summed E-state index contributed by atoms with van der Waals surface area (Å²) in [7, 11) is 0. The maximum Gasteiger partial charge on any atom is 0.155 e. The van der Waals surface area contributed by atoms with E-state index in [1.54, 1.807) is 36.9 Å². The van der Waals surface area contributed by atoms with Gasteiger partial charge in [-0.3, -0.25) is 4.79 Å². The van der Waals surface area contributed by atoms with E-state index in [4.69, 9.17) is 0 Å². The number of ketones is 1. The highest BCUT2D eigenvalue weighted by atomic mass is 32.2. The van der Waals surface area contributed by atoms with E-state index in [1.807, 2.05) is 6.07 Å². The first-order valence-corrected chi connectivity index (χ1v) is 7.91. The largest absolute Gasteiger partial charge is 0.508 e. The molecule has 22 heavy (non-hydrogen) atoms.